The van der Waals surface area contributed by atoms with Crippen molar-refractivity contribution in [3.8, 4) is 11.4 Å². The van der Waals surface area contributed by atoms with Gasteiger partial charge in [-0.15, -0.1) is 0 Å². The number of hydrogen-bond acceptors (Lipinski definition) is 7. The van der Waals surface area contributed by atoms with E-state index in [-0.39, 0.29) is 12.2 Å². The molecule has 0 N–H and O–H groups in total. The Hall–Kier alpha value is -2.48. The van der Waals surface area contributed by atoms with Gasteiger partial charge in [-0.25, -0.2) is 15.0 Å². The maximum absolute atomic E-state index is 6.09. The minimum atomic E-state index is 0.167. The number of anilines is 2. The van der Waals surface area contributed by atoms with Gasteiger partial charge in [0.05, 0.1) is 30.8 Å². The maximum Gasteiger partial charge on any atom is 0.167 e. The Morgan fingerprint density at radius 2 is 1.58 bits per heavy atom. The fourth-order valence-electron chi connectivity index (χ4n) is 4.27. The molecule has 3 aromatic rings. The van der Waals surface area contributed by atoms with E-state index in [1.54, 1.807) is 0 Å². The van der Waals surface area contributed by atoms with Gasteiger partial charge in [0.2, 0.25) is 0 Å². The lowest BCUT2D eigenvalue weighted by Gasteiger charge is -2.36. The van der Waals surface area contributed by atoms with Gasteiger partial charge in [-0.1, -0.05) is 11.6 Å². The van der Waals surface area contributed by atoms with Crippen LogP contribution in [0.1, 0.15) is 13.8 Å². The van der Waals surface area contributed by atoms with Gasteiger partial charge in [-0.3, -0.25) is 0 Å². The second kappa shape index (κ2) is 8.57. The van der Waals surface area contributed by atoms with Crippen LogP contribution in [0.25, 0.3) is 22.4 Å². The number of aromatic nitrogens is 3. The number of pyridine rings is 1. The van der Waals surface area contributed by atoms with Gasteiger partial charge in [0.1, 0.15) is 11.6 Å². The van der Waals surface area contributed by atoms with Crippen LogP contribution in [-0.4, -0.2) is 66.6 Å². The Kier molecular flexibility index (Phi) is 5.65. The van der Waals surface area contributed by atoms with Crippen molar-refractivity contribution >= 4 is 34.3 Å². The molecular formula is C23H26ClN5O2. The van der Waals surface area contributed by atoms with Gasteiger partial charge >= 0.3 is 0 Å². The first-order valence-corrected chi connectivity index (χ1v) is 11.1. The molecule has 2 atom stereocenters. The van der Waals surface area contributed by atoms with Crippen LogP contribution in [0.5, 0.6) is 0 Å². The average molecular weight is 440 g/mol. The van der Waals surface area contributed by atoms with Gasteiger partial charge in [-0.05, 0) is 50.2 Å². The molecule has 0 spiro atoms. The van der Waals surface area contributed by atoms with Crippen molar-refractivity contribution in [2.24, 2.45) is 0 Å². The summed E-state index contributed by atoms with van der Waals surface area (Å²) >= 11 is 6.09. The van der Waals surface area contributed by atoms with E-state index in [2.05, 4.69) is 35.8 Å². The van der Waals surface area contributed by atoms with E-state index in [1.165, 1.54) is 0 Å². The quantitative estimate of drug-likeness (QED) is 0.615. The fourth-order valence-corrected chi connectivity index (χ4v) is 4.40. The van der Waals surface area contributed by atoms with E-state index in [0.717, 1.165) is 48.8 Å². The highest BCUT2D eigenvalue weighted by atomic mass is 35.5. The van der Waals surface area contributed by atoms with E-state index < -0.39 is 0 Å². The van der Waals surface area contributed by atoms with Crippen LogP contribution in [0.2, 0.25) is 5.02 Å². The number of benzene rings is 1. The maximum atomic E-state index is 6.09. The van der Waals surface area contributed by atoms with Crippen molar-refractivity contribution in [3.05, 3.63) is 41.4 Å². The Balaban J connectivity index is 1.61. The van der Waals surface area contributed by atoms with Gasteiger partial charge in [0.15, 0.2) is 11.5 Å². The summed E-state index contributed by atoms with van der Waals surface area (Å²) in [5, 5.41) is 1.65. The number of hydrogen-bond donors (Lipinski definition) is 0. The number of nitrogens with zero attached hydrogens (tertiary/aromatic N) is 5. The minimum Gasteiger partial charge on any atom is -0.378 e. The summed E-state index contributed by atoms with van der Waals surface area (Å²) in [6.45, 7) is 8.80. The molecule has 0 bridgehead atoms. The Bertz CT molecular complexity index is 1060. The molecule has 8 heteroatoms. The van der Waals surface area contributed by atoms with Gasteiger partial charge in [0, 0.05) is 36.8 Å². The zero-order valence-electron chi connectivity index (χ0n) is 17.8. The van der Waals surface area contributed by atoms with E-state index in [0.29, 0.717) is 29.7 Å². The zero-order chi connectivity index (χ0) is 21.4. The minimum absolute atomic E-state index is 0.167. The summed E-state index contributed by atoms with van der Waals surface area (Å²) < 4.78 is 11.4. The highest BCUT2D eigenvalue weighted by molar-refractivity contribution is 6.30. The number of fused-ring (bicyclic) bond motifs is 1. The van der Waals surface area contributed by atoms with Crippen LogP contribution in [0.4, 0.5) is 11.6 Å². The predicted molar refractivity (Wildman–Crippen MR) is 123 cm³/mol. The van der Waals surface area contributed by atoms with Crippen LogP contribution in [0.15, 0.2) is 36.4 Å². The summed E-state index contributed by atoms with van der Waals surface area (Å²) in [7, 11) is 0. The predicted octanol–water partition coefficient (Wildman–Crippen LogP) is 3.80. The van der Waals surface area contributed by atoms with Crippen molar-refractivity contribution in [1.29, 1.82) is 0 Å². The summed E-state index contributed by atoms with van der Waals surface area (Å²) in [5.41, 5.74) is 1.62. The molecule has 2 aliphatic heterocycles. The van der Waals surface area contributed by atoms with Crippen LogP contribution < -0.4 is 9.80 Å². The van der Waals surface area contributed by atoms with E-state index >= 15 is 0 Å². The van der Waals surface area contributed by atoms with Crippen LogP contribution in [0.3, 0.4) is 0 Å². The van der Waals surface area contributed by atoms with Gasteiger partial charge in [0.25, 0.3) is 0 Å². The van der Waals surface area contributed by atoms with Crippen molar-refractivity contribution in [2.75, 3.05) is 49.2 Å². The molecule has 2 unspecified atom stereocenters. The fraction of sp³-hybridized carbons (Fsp3) is 0.435. The van der Waals surface area contributed by atoms with Crippen LogP contribution in [-0.2, 0) is 9.47 Å². The number of ether oxygens (including phenoxy) is 2. The second-order valence-corrected chi connectivity index (χ2v) is 8.62. The highest BCUT2D eigenvalue weighted by Crippen LogP contribution is 2.30. The normalized spacial score (nSPS) is 22.2. The third-order valence-electron chi connectivity index (χ3n) is 5.68. The summed E-state index contributed by atoms with van der Waals surface area (Å²) in [4.78, 5) is 19.3. The second-order valence-electron chi connectivity index (χ2n) is 8.18. The molecular weight excluding hydrogens is 414 g/mol. The monoisotopic (exact) mass is 439 g/mol. The summed E-state index contributed by atoms with van der Waals surface area (Å²) in [6, 6.07) is 11.8. The highest BCUT2D eigenvalue weighted by Gasteiger charge is 2.24. The molecule has 4 heterocycles. The topological polar surface area (TPSA) is 63.6 Å². The van der Waals surface area contributed by atoms with Crippen molar-refractivity contribution in [2.45, 2.75) is 26.1 Å². The molecule has 31 heavy (non-hydrogen) atoms. The van der Waals surface area contributed by atoms with Gasteiger partial charge < -0.3 is 19.3 Å². The molecule has 5 rings (SSSR count). The summed E-state index contributed by atoms with van der Waals surface area (Å²) in [5.74, 6) is 2.48. The molecule has 1 aromatic carbocycles. The van der Waals surface area contributed by atoms with E-state index in [1.807, 2.05) is 24.3 Å². The lowest BCUT2D eigenvalue weighted by molar-refractivity contribution is -0.00544. The van der Waals surface area contributed by atoms with Gasteiger partial charge in [-0.2, -0.15) is 0 Å². The SMILES string of the molecule is CC1CN(c2ccc3c(N4CCOCC4)nc(-c4ccc(Cl)cc4)nc3n2)CC(C)O1. The largest absolute Gasteiger partial charge is 0.378 e. The average Bonchev–Trinajstić information content (AvgIpc) is 2.78. The van der Waals surface area contributed by atoms with Crippen molar-refractivity contribution in [3.63, 3.8) is 0 Å². The third-order valence-corrected chi connectivity index (χ3v) is 5.93. The molecule has 2 fully saturated rings. The lowest BCUT2D eigenvalue weighted by Crippen LogP contribution is -2.45. The number of rotatable bonds is 3. The molecule has 2 saturated heterocycles. The molecule has 0 saturated carbocycles. The third kappa shape index (κ3) is 4.31. The first kappa shape index (κ1) is 20.4. The Morgan fingerprint density at radius 3 is 2.29 bits per heavy atom. The zero-order valence-corrected chi connectivity index (χ0v) is 18.5. The summed E-state index contributed by atoms with van der Waals surface area (Å²) in [6.07, 6.45) is 0.334. The smallest absolute Gasteiger partial charge is 0.167 e. The standard InChI is InChI=1S/C23H26ClN5O2/c1-15-13-29(14-16(2)31-15)20-8-7-19-22(25-20)26-21(17-3-5-18(24)6-4-17)27-23(19)28-9-11-30-12-10-28/h3-8,15-16H,9-14H2,1-2H3. The molecule has 0 aliphatic carbocycles. The Morgan fingerprint density at radius 1 is 0.871 bits per heavy atom. The number of morpholine rings is 2. The number of halogens is 1. The molecule has 2 aromatic heterocycles. The molecule has 162 valence electrons. The first-order valence-electron chi connectivity index (χ1n) is 10.7. The van der Waals surface area contributed by atoms with Crippen LogP contribution >= 0.6 is 11.6 Å². The molecule has 7 nitrogen and oxygen atoms in total. The molecule has 2 aliphatic rings. The lowest BCUT2D eigenvalue weighted by atomic mass is 10.2. The van der Waals surface area contributed by atoms with E-state index in [9.17, 15) is 0 Å². The molecule has 0 radical (unpaired) electrons. The van der Waals surface area contributed by atoms with Crippen LogP contribution in [0, 0.1) is 0 Å². The molecule has 0 amide bonds. The Labute approximate surface area is 187 Å². The van der Waals surface area contributed by atoms with E-state index in [4.69, 9.17) is 36.0 Å². The van der Waals surface area contributed by atoms with Crippen molar-refractivity contribution < 1.29 is 9.47 Å². The van der Waals surface area contributed by atoms with Crippen molar-refractivity contribution in [1.82, 2.24) is 15.0 Å². The first-order chi connectivity index (χ1) is 15.1.